The lowest BCUT2D eigenvalue weighted by atomic mass is 9.98. The number of para-hydroxylation sites is 1. The summed E-state index contributed by atoms with van der Waals surface area (Å²) in [5.74, 6) is 1.48. The van der Waals surface area contributed by atoms with Crippen LogP contribution in [0.1, 0.15) is 37.5 Å². The Labute approximate surface area is 107 Å². The van der Waals surface area contributed by atoms with Crippen LogP contribution in [0, 0.1) is 0 Å². The number of aliphatic hydroxyl groups is 1. The summed E-state index contributed by atoms with van der Waals surface area (Å²) < 4.78 is 11.4. The quantitative estimate of drug-likeness (QED) is 0.872. The molecule has 1 N–H and O–H groups in total. The van der Waals surface area contributed by atoms with Gasteiger partial charge in [-0.25, -0.2) is 0 Å². The first kappa shape index (κ1) is 11.6. The molecule has 0 spiro atoms. The second kappa shape index (κ2) is 4.02. The maximum Gasteiger partial charge on any atom is 0.139 e. The fourth-order valence-electron chi connectivity index (χ4n) is 2.64. The molecule has 2 heterocycles. The van der Waals surface area contributed by atoms with Gasteiger partial charge in [-0.15, -0.1) is 0 Å². The van der Waals surface area contributed by atoms with Crippen LogP contribution in [-0.2, 0) is 11.2 Å². The summed E-state index contributed by atoms with van der Waals surface area (Å²) >= 11 is 0. The number of hydrogen-bond donors (Lipinski definition) is 1. The Hall–Kier alpha value is -1.48. The highest BCUT2D eigenvalue weighted by molar-refractivity contribution is 5.48. The molecule has 1 aromatic rings. The van der Waals surface area contributed by atoms with E-state index in [2.05, 4.69) is 19.9 Å². The first-order valence-corrected chi connectivity index (χ1v) is 6.38. The van der Waals surface area contributed by atoms with E-state index in [-0.39, 0.29) is 5.60 Å². The maximum absolute atomic E-state index is 10.4. The van der Waals surface area contributed by atoms with Gasteiger partial charge in [0.15, 0.2) is 0 Å². The van der Waals surface area contributed by atoms with Gasteiger partial charge >= 0.3 is 0 Å². The van der Waals surface area contributed by atoms with Crippen LogP contribution in [0.3, 0.4) is 0 Å². The molecule has 0 saturated heterocycles. The van der Waals surface area contributed by atoms with Crippen molar-refractivity contribution < 1.29 is 14.6 Å². The first-order chi connectivity index (χ1) is 8.57. The van der Waals surface area contributed by atoms with Crippen molar-refractivity contribution >= 4 is 0 Å². The van der Waals surface area contributed by atoms with Crippen molar-refractivity contribution in [3.05, 3.63) is 41.2 Å². The highest BCUT2D eigenvalue weighted by Gasteiger charge is 2.34. The van der Waals surface area contributed by atoms with Crippen LogP contribution in [0.4, 0.5) is 0 Å². The molecular formula is C15H18O3. The van der Waals surface area contributed by atoms with E-state index in [1.165, 1.54) is 0 Å². The Bertz CT molecular complexity index is 502. The van der Waals surface area contributed by atoms with Gasteiger partial charge < -0.3 is 14.6 Å². The average Bonchev–Trinajstić information content (AvgIpc) is 2.91. The molecule has 3 heteroatoms. The summed E-state index contributed by atoms with van der Waals surface area (Å²) in [5.41, 5.74) is 1.78. The Kier molecular flexibility index (Phi) is 2.59. The lowest BCUT2D eigenvalue weighted by molar-refractivity contribution is 0.106. The van der Waals surface area contributed by atoms with Crippen molar-refractivity contribution in [2.24, 2.45) is 0 Å². The SMILES string of the molecule is CC1(C)Cc2cccc(C(O)C3=CCCO3)c2O1. The third-order valence-corrected chi connectivity index (χ3v) is 3.42. The number of benzene rings is 1. The monoisotopic (exact) mass is 246 g/mol. The van der Waals surface area contributed by atoms with Crippen molar-refractivity contribution in [3.8, 4) is 5.75 Å². The minimum Gasteiger partial charge on any atom is -0.495 e. The molecule has 1 atom stereocenters. The largest absolute Gasteiger partial charge is 0.495 e. The summed E-state index contributed by atoms with van der Waals surface area (Å²) in [7, 11) is 0. The van der Waals surface area contributed by atoms with Crippen LogP contribution < -0.4 is 4.74 Å². The normalized spacial score (nSPS) is 21.8. The summed E-state index contributed by atoms with van der Waals surface area (Å²) in [6.45, 7) is 4.79. The van der Waals surface area contributed by atoms with Crippen LogP contribution in [0.25, 0.3) is 0 Å². The zero-order valence-electron chi connectivity index (χ0n) is 10.8. The third kappa shape index (κ3) is 1.89. The van der Waals surface area contributed by atoms with Gasteiger partial charge in [0.2, 0.25) is 0 Å². The summed E-state index contributed by atoms with van der Waals surface area (Å²) in [6.07, 6.45) is 2.98. The predicted molar refractivity (Wildman–Crippen MR) is 68.5 cm³/mol. The molecule has 0 saturated carbocycles. The van der Waals surface area contributed by atoms with Crippen molar-refractivity contribution in [1.29, 1.82) is 0 Å². The summed E-state index contributed by atoms with van der Waals surface area (Å²) in [6, 6.07) is 5.94. The van der Waals surface area contributed by atoms with Crippen molar-refractivity contribution in [2.45, 2.75) is 38.4 Å². The Balaban J connectivity index is 1.97. The van der Waals surface area contributed by atoms with Gasteiger partial charge in [-0.2, -0.15) is 0 Å². The fourth-order valence-corrected chi connectivity index (χ4v) is 2.64. The van der Waals surface area contributed by atoms with Gasteiger partial charge in [0, 0.05) is 18.4 Å². The fraction of sp³-hybridized carbons (Fsp3) is 0.467. The molecule has 1 unspecified atom stereocenters. The number of ether oxygens (including phenoxy) is 2. The molecule has 0 aromatic heterocycles. The Morgan fingerprint density at radius 1 is 1.33 bits per heavy atom. The van der Waals surface area contributed by atoms with E-state index >= 15 is 0 Å². The standard InChI is InChI=1S/C15H18O3/c1-15(2)9-10-5-3-6-11(14(10)18-15)13(16)12-7-4-8-17-12/h3,5-7,13,16H,4,8-9H2,1-2H3. The van der Waals surface area contributed by atoms with Gasteiger partial charge in [-0.05, 0) is 25.5 Å². The van der Waals surface area contributed by atoms with Crippen LogP contribution in [0.15, 0.2) is 30.0 Å². The van der Waals surface area contributed by atoms with E-state index in [0.717, 1.165) is 29.7 Å². The molecule has 0 fully saturated rings. The highest BCUT2D eigenvalue weighted by Crippen LogP contribution is 2.42. The van der Waals surface area contributed by atoms with Crippen molar-refractivity contribution in [3.63, 3.8) is 0 Å². The van der Waals surface area contributed by atoms with Gasteiger partial charge in [0.25, 0.3) is 0 Å². The molecular weight excluding hydrogens is 228 g/mol. The first-order valence-electron chi connectivity index (χ1n) is 6.38. The van der Waals surface area contributed by atoms with Gasteiger partial charge in [0.1, 0.15) is 23.2 Å². The third-order valence-electron chi connectivity index (χ3n) is 3.42. The van der Waals surface area contributed by atoms with E-state index in [4.69, 9.17) is 9.47 Å². The number of rotatable bonds is 2. The van der Waals surface area contributed by atoms with E-state index < -0.39 is 6.10 Å². The van der Waals surface area contributed by atoms with E-state index in [9.17, 15) is 5.11 Å². The highest BCUT2D eigenvalue weighted by atomic mass is 16.5. The Morgan fingerprint density at radius 3 is 2.89 bits per heavy atom. The molecule has 0 bridgehead atoms. The molecule has 18 heavy (non-hydrogen) atoms. The lowest BCUT2D eigenvalue weighted by Gasteiger charge is -2.20. The van der Waals surface area contributed by atoms with E-state index in [1.807, 2.05) is 18.2 Å². The minimum atomic E-state index is -0.712. The topological polar surface area (TPSA) is 38.7 Å². The minimum absolute atomic E-state index is 0.191. The van der Waals surface area contributed by atoms with Crippen molar-refractivity contribution in [1.82, 2.24) is 0 Å². The van der Waals surface area contributed by atoms with Gasteiger partial charge in [-0.3, -0.25) is 0 Å². The Morgan fingerprint density at radius 2 is 2.17 bits per heavy atom. The number of aliphatic hydroxyl groups excluding tert-OH is 1. The molecule has 3 rings (SSSR count). The maximum atomic E-state index is 10.4. The molecule has 1 aromatic carbocycles. The zero-order valence-corrected chi connectivity index (χ0v) is 10.8. The van der Waals surface area contributed by atoms with Crippen LogP contribution in [0.5, 0.6) is 5.75 Å². The van der Waals surface area contributed by atoms with Crippen LogP contribution in [-0.4, -0.2) is 17.3 Å². The molecule has 0 amide bonds. The summed E-state index contributed by atoms with van der Waals surface area (Å²) in [4.78, 5) is 0. The van der Waals surface area contributed by atoms with E-state index in [0.29, 0.717) is 12.4 Å². The second-order valence-electron chi connectivity index (χ2n) is 5.52. The average molecular weight is 246 g/mol. The van der Waals surface area contributed by atoms with Crippen molar-refractivity contribution in [2.75, 3.05) is 6.61 Å². The van der Waals surface area contributed by atoms with Crippen LogP contribution >= 0.6 is 0 Å². The molecule has 2 aliphatic heterocycles. The second-order valence-corrected chi connectivity index (χ2v) is 5.52. The lowest BCUT2D eigenvalue weighted by Crippen LogP contribution is -2.25. The number of hydrogen-bond acceptors (Lipinski definition) is 3. The molecule has 0 aliphatic carbocycles. The molecule has 0 radical (unpaired) electrons. The summed E-state index contributed by atoms with van der Waals surface area (Å²) in [5, 5.41) is 10.4. The zero-order chi connectivity index (χ0) is 12.8. The van der Waals surface area contributed by atoms with E-state index in [1.54, 1.807) is 0 Å². The van der Waals surface area contributed by atoms with Crippen LogP contribution in [0.2, 0.25) is 0 Å². The molecule has 2 aliphatic rings. The molecule has 3 nitrogen and oxygen atoms in total. The molecule has 96 valence electrons. The smallest absolute Gasteiger partial charge is 0.139 e. The number of fused-ring (bicyclic) bond motifs is 1. The van der Waals surface area contributed by atoms with Gasteiger partial charge in [0.05, 0.1) is 6.61 Å². The van der Waals surface area contributed by atoms with Gasteiger partial charge in [-0.1, -0.05) is 18.2 Å². The predicted octanol–water partition coefficient (Wildman–Crippen LogP) is 2.74.